The molecule has 0 bridgehead atoms. The second kappa shape index (κ2) is 8.18. The van der Waals surface area contributed by atoms with Crippen LogP contribution in [0.3, 0.4) is 0 Å². The van der Waals surface area contributed by atoms with Crippen molar-refractivity contribution in [3.8, 4) is 5.75 Å². The van der Waals surface area contributed by atoms with Crippen LogP contribution in [0.15, 0.2) is 23.1 Å². The number of hydrogen-bond donors (Lipinski definition) is 1. The number of nitro groups is 1. The molecule has 0 spiro atoms. The SMILES string of the molecule is O=C1C(=Cc2ccc(O)c([N+](=O)[O-])c2)SC(=S)N1CCC1CCCCC1. The number of aromatic hydroxyl groups is 1. The van der Waals surface area contributed by atoms with E-state index < -0.39 is 10.7 Å². The fraction of sp³-hybridized carbons (Fsp3) is 0.444. The molecule has 0 radical (unpaired) electrons. The third-order valence-corrected chi connectivity index (χ3v) is 6.23. The van der Waals surface area contributed by atoms with Crippen LogP contribution in [0.25, 0.3) is 6.08 Å². The van der Waals surface area contributed by atoms with Crippen LogP contribution in [0.2, 0.25) is 0 Å². The molecule has 1 aliphatic carbocycles. The van der Waals surface area contributed by atoms with E-state index in [1.165, 1.54) is 62.1 Å². The Bertz CT molecular complexity index is 772. The Kier molecular flexibility index (Phi) is 5.93. The molecule has 6 nitrogen and oxygen atoms in total. The summed E-state index contributed by atoms with van der Waals surface area (Å²) >= 11 is 6.56. The van der Waals surface area contributed by atoms with Crippen LogP contribution in [0, 0.1) is 16.0 Å². The summed E-state index contributed by atoms with van der Waals surface area (Å²) in [5.74, 6) is 0.121. The third-order valence-electron chi connectivity index (χ3n) is 4.85. The molecule has 26 heavy (non-hydrogen) atoms. The lowest BCUT2D eigenvalue weighted by molar-refractivity contribution is -0.385. The van der Waals surface area contributed by atoms with E-state index in [2.05, 4.69) is 0 Å². The smallest absolute Gasteiger partial charge is 0.311 e. The monoisotopic (exact) mass is 392 g/mol. The minimum atomic E-state index is -0.651. The largest absolute Gasteiger partial charge is 0.502 e. The number of phenols is 1. The zero-order valence-electron chi connectivity index (χ0n) is 14.2. The van der Waals surface area contributed by atoms with Crippen molar-refractivity contribution >= 4 is 46.0 Å². The Morgan fingerprint density at radius 3 is 2.77 bits per heavy atom. The molecule has 1 heterocycles. The maximum atomic E-state index is 12.6. The molecule has 2 fully saturated rings. The van der Waals surface area contributed by atoms with Gasteiger partial charge in [-0.25, -0.2) is 0 Å². The summed E-state index contributed by atoms with van der Waals surface area (Å²) in [5.41, 5.74) is 0.105. The van der Waals surface area contributed by atoms with Gasteiger partial charge in [0.1, 0.15) is 4.32 Å². The highest BCUT2D eigenvalue weighted by molar-refractivity contribution is 8.26. The Morgan fingerprint density at radius 1 is 1.35 bits per heavy atom. The average Bonchev–Trinajstić information content (AvgIpc) is 2.89. The summed E-state index contributed by atoms with van der Waals surface area (Å²) in [5, 5.41) is 20.5. The van der Waals surface area contributed by atoms with E-state index in [1.54, 1.807) is 11.0 Å². The van der Waals surface area contributed by atoms with Crippen LogP contribution in [-0.2, 0) is 4.79 Å². The van der Waals surface area contributed by atoms with Gasteiger partial charge in [0.2, 0.25) is 0 Å². The van der Waals surface area contributed by atoms with Gasteiger partial charge in [-0.05, 0) is 30.0 Å². The molecule has 2 aliphatic rings. The molecule has 138 valence electrons. The molecule has 0 atom stereocenters. The van der Waals surface area contributed by atoms with Gasteiger partial charge in [0.25, 0.3) is 5.91 Å². The van der Waals surface area contributed by atoms with Crippen LogP contribution in [0.5, 0.6) is 5.75 Å². The molecule has 1 saturated heterocycles. The van der Waals surface area contributed by atoms with Crippen LogP contribution in [0.1, 0.15) is 44.1 Å². The first-order valence-electron chi connectivity index (χ1n) is 8.68. The van der Waals surface area contributed by atoms with Crippen LogP contribution >= 0.6 is 24.0 Å². The van der Waals surface area contributed by atoms with Gasteiger partial charge in [-0.1, -0.05) is 62.2 Å². The normalized spacial score (nSPS) is 20.2. The summed E-state index contributed by atoms with van der Waals surface area (Å²) in [4.78, 5) is 25.0. The molecular weight excluding hydrogens is 372 g/mol. The fourth-order valence-corrected chi connectivity index (χ4v) is 4.72. The number of carbonyl (C=O) groups is 1. The molecule has 1 aromatic rings. The molecular formula is C18H20N2O4S2. The molecule has 1 amide bonds. The lowest BCUT2D eigenvalue weighted by Crippen LogP contribution is -2.30. The van der Waals surface area contributed by atoms with Gasteiger partial charge in [0.15, 0.2) is 5.75 Å². The highest BCUT2D eigenvalue weighted by Gasteiger charge is 2.32. The number of amides is 1. The van der Waals surface area contributed by atoms with Crippen molar-refractivity contribution in [2.45, 2.75) is 38.5 Å². The van der Waals surface area contributed by atoms with E-state index in [1.807, 2.05) is 0 Å². The van der Waals surface area contributed by atoms with E-state index in [-0.39, 0.29) is 11.6 Å². The average molecular weight is 393 g/mol. The van der Waals surface area contributed by atoms with Crippen molar-refractivity contribution in [3.63, 3.8) is 0 Å². The van der Waals surface area contributed by atoms with Crippen molar-refractivity contribution in [1.29, 1.82) is 0 Å². The van der Waals surface area contributed by atoms with Crippen molar-refractivity contribution in [2.24, 2.45) is 5.92 Å². The third kappa shape index (κ3) is 4.24. The highest BCUT2D eigenvalue weighted by Crippen LogP contribution is 2.35. The van der Waals surface area contributed by atoms with Gasteiger partial charge in [0, 0.05) is 12.6 Å². The van der Waals surface area contributed by atoms with Crippen LogP contribution in [-0.4, -0.2) is 31.7 Å². The van der Waals surface area contributed by atoms with E-state index in [4.69, 9.17) is 12.2 Å². The topological polar surface area (TPSA) is 83.7 Å². The van der Waals surface area contributed by atoms with E-state index in [9.17, 15) is 20.0 Å². The summed E-state index contributed by atoms with van der Waals surface area (Å²) in [7, 11) is 0. The summed E-state index contributed by atoms with van der Waals surface area (Å²) in [6.45, 7) is 0.627. The van der Waals surface area contributed by atoms with E-state index >= 15 is 0 Å². The second-order valence-electron chi connectivity index (χ2n) is 6.63. The molecule has 0 unspecified atom stereocenters. The van der Waals surface area contributed by atoms with Crippen LogP contribution in [0.4, 0.5) is 5.69 Å². The maximum absolute atomic E-state index is 12.6. The maximum Gasteiger partial charge on any atom is 0.311 e. The highest BCUT2D eigenvalue weighted by atomic mass is 32.2. The molecule has 1 saturated carbocycles. The quantitative estimate of drug-likeness (QED) is 0.344. The van der Waals surface area contributed by atoms with Gasteiger partial charge >= 0.3 is 5.69 Å². The Morgan fingerprint density at radius 2 is 2.08 bits per heavy atom. The van der Waals surface area contributed by atoms with E-state index in [0.29, 0.717) is 27.3 Å². The summed E-state index contributed by atoms with van der Waals surface area (Å²) < 4.78 is 0.533. The molecule has 3 rings (SSSR count). The van der Waals surface area contributed by atoms with Crippen molar-refractivity contribution in [3.05, 3.63) is 38.8 Å². The minimum absolute atomic E-state index is 0.147. The van der Waals surface area contributed by atoms with Crippen molar-refractivity contribution in [2.75, 3.05) is 6.54 Å². The minimum Gasteiger partial charge on any atom is -0.502 e. The molecule has 1 N–H and O–H groups in total. The number of hydrogen-bond acceptors (Lipinski definition) is 6. The van der Waals surface area contributed by atoms with Gasteiger partial charge in [0.05, 0.1) is 9.83 Å². The first kappa shape index (κ1) is 18.8. The summed E-state index contributed by atoms with van der Waals surface area (Å²) in [6.07, 6.45) is 8.84. The second-order valence-corrected chi connectivity index (χ2v) is 8.31. The van der Waals surface area contributed by atoms with Gasteiger partial charge in [-0.2, -0.15) is 0 Å². The lowest BCUT2D eigenvalue weighted by Gasteiger charge is -2.23. The number of rotatable bonds is 5. The number of carbonyl (C=O) groups excluding carboxylic acids is 1. The van der Waals surface area contributed by atoms with E-state index in [0.717, 1.165) is 6.42 Å². The molecule has 1 aliphatic heterocycles. The van der Waals surface area contributed by atoms with Gasteiger partial charge in [-0.15, -0.1) is 0 Å². The number of thiocarbonyl (C=S) groups is 1. The number of nitrogens with zero attached hydrogens (tertiary/aromatic N) is 2. The van der Waals surface area contributed by atoms with Gasteiger partial charge < -0.3 is 5.11 Å². The zero-order valence-corrected chi connectivity index (χ0v) is 15.9. The predicted octanol–water partition coefficient (Wildman–Crippen LogP) is 4.47. The molecule has 8 heteroatoms. The van der Waals surface area contributed by atoms with Gasteiger partial charge in [-0.3, -0.25) is 19.8 Å². The zero-order chi connectivity index (χ0) is 18.7. The number of benzene rings is 1. The van der Waals surface area contributed by atoms with Crippen molar-refractivity contribution < 1.29 is 14.8 Å². The lowest BCUT2D eigenvalue weighted by atomic mass is 9.87. The number of thioether (sulfide) groups is 1. The predicted molar refractivity (Wildman–Crippen MR) is 106 cm³/mol. The Hall–Kier alpha value is -1.93. The molecule has 1 aromatic carbocycles. The summed E-state index contributed by atoms with van der Waals surface area (Å²) in [6, 6.07) is 4.05. The Balaban J connectivity index is 1.70. The molecule has 0 aromatic heterocycles. The van der Waals surface area contributed by atoms with Crippen molar-refractivity contribution in [1.82, 2.24) is 4.90 Å². The number of phenolic OH excluding ortho intramolecular Hbond substituents is 1. The Labute approximate surface area is 161 Å². The fourth-order valence-electron chi connectivity index (χ4n) is 3.41. The first-order chi connectivity index (χ1) is 12.5. The standard InChI is InChI=1S/C18H20N2O4S2/c21-15-7-6-13(10-14(15)20(23)24)11-16-17(22)19(18(25)26-16)9-8-12-4-2-1-3-5-12/h6-7,10-12,21H,1-5,8-9H2. The first-order valence-corrected chi connectivity index (χ1v) is 9.91. The van der Waals surface area contributed by atoms with Crippen LogP contribution < -0.4 is 0 Å². The number of nitro benzene ring substituents is 1.